The molecule has 1 aromatic rings. The van der Waals surface area contributed by atoms with Crippen LogP contribution in [0.15, 0.2) is 16.7 Å². The molecule has 0 fully saturated rings. The Morgan fingerprint density at radius 3 is 2.76 bits per heavy atom. The molecule has 0 radical (unpaired) electrons. The highest BCUT2D eigenvalue weighted by atomic mass is 79.9. The number of aromatic nitrogens is 1. The van der Waals surface area contributed by atoms with Gasteiger partial charge in [-0.05, 0) is 22.0 Å². The Hall–Kier alpha value is -1.19. The average Bonchev–Trinajstić information content (AvgIpc) is 2.18. The molecule has 0 saturated heterocycles. The van der Waals surface area contributed by atoms with Crippen LogP contribution in [0.25, 0.3) is 0 Å². The highest BCUT2D eigenvalue weighted by Gasteiger charge is 2.12. The van der Waals surface area contributed by atoms with Gasteiger partial charge in [0.1, 0.15) is 11.4 Å². The van der Waals surface area contributed by atoms with Crippen LogP contribution in [0.5, 0.6) is 0 Å². The van der Waals surface area contributed by atoms with Crippen LogP contribution < -0.4 is 10.5 Å². The quantitative estimate of drug-likeness (QED) is 0.713. The van der Waals surface area contributed by atoms with Crippen molar-refractivity contribution in [1.82, 2.24) is 4.98 Å². The van der Waals surface area contributed by atoms with E-state index in [0.717, 1.165) is 0 Å². The van der Waals surface area contributed by atoms with Gasteiger partial charge in [-0.1, -0.05) is 0 Å². The van der Waals surface area contributed by atoms with Gasteiger partial charge in [-0.15, -0.1) is 0 Å². The summed E-state index contributed by atoms with van der Waals surface area (Å²) in [4.78, 5) is 14.7. The first-order valence-corrected chi connectivity index (χ1v) is 6.93. The Morgan fingerprint density at radius 2 is 2.24 bits per heavy atom. The van der Waals surface area contributed by atoms with Crippen molar-refractivity contribution in [2.75, 3.05) is 17.6 Å². The number of carboxylic acids is 1. The summed E-state index contributed by atoms with van der Waals surface area (Å²) in [6.45, 7) is -0.00620. The van der Waals surface area contributed by atoms with Gasteiger partial charge in [0.05, 0.1) is 5.75 Å². The predicted molar refractivity (Wildman–Crippen MR) is 65.4 cm³/mol. The van der Waals surface area contributed by atoms with Gasteiger partial charge in [-0.3, -0.25) is 0 Å². The Balaban J connectivity index is 2.81. The van der Waals surface area contributed by atoms with Crippen molar-refractivity contribution in [3.8, 4) is 0 Å². The van der Waals surface area contributed by atoms with E-state index in [1.54, 1.807) is 0 Å². The number of nitrogens with zero attached hydrogens (tertiary/aromatic N) is 1. The summed E-state index contributed by atoms with van der Waals surface area (Å²) in [7, 11) is -3.58. The van der Waals surface area contributed by atoms with E-state index in [4.69, 9.17) is 10.2 Å². The first kappa shape index (κ1) is 13.9. The maximum absolute atomic E-state index is 10.9. The molecule has 0 aliphatic rings. The van der Waals surface area contributed by atoms with Gasteiger partial charge >= 0.3 is 5.97 Å². The summed E-state index contributed by atoms with van der Waals surface area (Å²) >= 11 is 3.10. The number of hydrogen-bond acceptors (Lipinski definition) is 5. The van der Waals surface area contributed by atoms with Gasteiger partial charge in [-0.2, -0.15) is 0 Å². The number of hydrogen-bond donors (Lipinski definition) is 3. The average molecular weight is 324 g/mol. The number of pyridine rings is 1. The minimum atomic E-state index is -3.58. The molecule has 94 valence electrons. The van der Waals surface area contributed by atoms with E-state index >= 15 is 0 Å². The standard InChI is InChI=1S/C8H10BrN3O4S/c9-5-3-6(8(13)14)7(12-4-5)11-1-2-17(10,15)16/h3-4H,1-2H2,(H,11,12)(H,13,14)(H2,10,15,16). The van der Waals surface area contributed by atoms with E-state index in [1.165, 1.54) is 12.3 Å². The maximum Gasteiger partial charge on any atom is 0.339 e. The molecule has 0 aliphatic carbocycles. The zero-order valence-corrected chi connectivity index (χ0v) is 11.0. The summed E-state index contributed by atoms with van der Waals surface area (Å²) in [5.41, 5.74) is -0.0474. The summed E-state index contributed by atoms with van der Waals surface area (Å²) in [5.74, 6) is -1.36. The zero-order valence-electron chi connectivity index (χ0n) is 8.55. The fourth-order valence-corrected chi connectivity index (χ4v) is 1.77. The topological polar surface area (TPSA) is 122 Å². The molecular formula is C8H10BrN3O4S. The van der Waals surface area contributed by atoms with Crippen molar-refractivity contribution >= 4 is 37.7 Å². The monoisotopic (exact) mass is 323 g/mol. The van der Waals surface area contributed by atoms with Crippen LogP contribution in [0.1, 0.15) is 10.4 Å². The molecule has 0 saturated carbocycles. The Labute approximate surface area is 106 Å². The molecule has 1 aromatic heterocycles. The number of rotatable bonds is 5. The molecule has 0 spiro atoms. The van der Waals surface area contributed by atoms with Crippen LogP contribution in [0.4, 0.5) is 5.82 Å². The Morgan fingerprint density at radius 1 is 1.59 bits per heavy atom. The highest BCUT2D eigenvalue weighted by Crippen LogP contribution is 2.17. The smallest absolute Gasteiger partial charge is 0.339 e. The number of carboxylic acid groups (broad SMARTS) is 1. The van der Waals surface area contributed by atoms with E-state index in [1.807, 2.05) is 0 Å². The second kappa shape index (κ2) is 5.43. The van der Waals surface area contributed by atoms with E-state index < -0.39 is 16.0 Å². The number of sulfonamides is 1. The molecule has 0 aromatic carbocycles. The summed E-state index contributed by atoms with van der Waals surface area (Å²) in [6.07, 6.45) is 1.41. The van der Waals surface area contributed by atoms with E-state index in [2.05, 4.69) is 26.2 Å². The van der Waals surface area contributed by atoms with Crippen molar-refractivity contribution in [3.05, 3.63) is 22.3 Å². The lowest BCUT2D eigenvalue weighted by Gasteiger charge is -2.07. The normalized spacial score (nSPS) is 11.2. The summed E-state index contributed by atoms with van der Waals surface area (Å²) in [5, 5.41) is 16.3. The largest absolute Gasteiger partial charge is 0.478 e. The molecule has 17 heavy (non-hydrogen) atoms. The number of nitrogens with two attached hydrogens (primary N) is 1. The summed E-state index contributed by atoms with van der Waals surface area (Å²) in [6, 6.07) is 1.37. The van der Waals surface area contributed by atoms with Crippen LogP contribution in [0.2, 0.25) is 0 Å². The lowest BCUT2D eigenvalue weighted by Crippen LogP contribution is -2.23. The number of primary sulfonamides is 1. The van der Waals surface area contributed by atoms with Crippen molar-refractivity contribution in [2.45, 2.75) is 0 Å². The first-order chi connectivity index (χ1) is 7.79. The molecular weight excluding hydrogens is 314 g/mol. The van der Waals surface area contributed by atoms with Crippen molar-refractivity contribution in [1.29, 1.82) is 0 Å². The molecule has 9 heteroatoms. The molecule has 1 heterocycles. The van der Waals surface area contributed by atoms with Crippen LogP contribution in [0, 0.1) is 0 Å². The number of anilines is 1. The first-order valence-electron chi connectivity index (χ1n) is 4.43. The predicted octanol–water partition coefficient (Wildman–Crippen LogP) is 0.243. The maximum atomic E-state index is 10.9. The van der Waals surface area contributed by atoms with Gasteiger partial charge in [-0.25, -0.2) is 23.3 Å². The highest BCUT2D eigenvalue weighted by molar-refractivity contribution is 9.10. The molecule has 0 atom stereocenters. The van der Waals surface area contributed by atoms with Crippen LogP contribution in [-0.2, 0) is 10.0 Å². The van der Waals surface area contributed by atoms with E-state index in [-0.39, 0.29) is 23.7 Å². The molecule has 0 aliphatic heterocycles. The van der Waals surface area contributed by atoms with E-state index in [0.29, 0.717) is 4.47 Å². The number of halogens is 1. The second-order valence-corrected chi connectivity index (χ2v) is 5.80. The molecule has 0 unspecified atom stereocenters. The van der Waals surface area contributed by atoms with Crippen LogP contribution in [0.3, 0.4) is 0 Å². The zero-order chi connectivity index (χ0) is 13.1. The molecule has 4 N–H and O–H groups in total. The van der Waals surface area contributed by atoms with Crippen LogP contribution in [-0.4, -0.2) is 36.8 Å². The minimum absolute atomic E-state index is 0.00620. The fraction of sp³-hybridized carbons (Fsp3) is 0.250. The molecule has 0 bridgehead atoms. The van der Waals surface area contributed by atoms with Crippen molar-refractivity contribution in [3.63, 3.8) is 0 Å². The van der Waals surface area contributed by atoms with Gasteiger partial charge in [0.2, 0.25) is 10.0 Å². The molecule has 1 rings (SSSR count). The van der Waals surface area contributed by atoms with Crippen molar-refractivity contribution in [2.24, 2.45) is 5.14 Å². The van der Waals surface area contributed by atoms with Gasteiger partial charge < -0.3 is 10.4 Å². The lowest BCUT2D eigenvalue weighted by molar-refractivity contribution is 0.0697. The van der Waals surface area contributed by atoms with E-state index in [9.17, 15) is 13.2 Å². The SMILES string of the molecule is NS(=O)(=O)CCNc1ncc(Br)cc1C(=O)O. The Bertz CT molecular complexity index is 532. The van der Waals surface area contributed by atoms with Gasteiger partial charge in [0, 0.05) is 17.2 Å². The third kappa shape index (κ3) is 4.67. The number of carbonyl (C=O) groups is 1. The van der Waals surface area contributed by atoms with Crippen LogP contribution >= 0.6 is 15.9 Å². The minimum Gasteiger partial charge on any atom is -0.478 e. The second-order valence-electron chi connectivity index (χ2n) is 3.15. The molecule has 0 amide bonds. The fourth-order valence-electron chi connectivity index (χ4n) is 1.05. The third-order valence-electron chi connectivity index (χ3n) is 1.76. The van der Waals surface area contributed by atoms with Gasteiger partial charge in [0.15, 0.2) is 0 Å². The summed E-state index contributed by atoms with van der Waals surface area (Å²) < 4.78 is 21.9. The third-order valence-corrected chi connectivity index (χ3v) is 2.97. The van der Waals surface area contributed by atoms with Gasteiger partial charge in [0.25, 0.3) is 0 Å². The number of aromatic carboxylic acids is 1. The Kier molecular flexibility index (Phi) is 4.43. The molecule has 7 nitrogen and oxygen atoms in total. The number of nitrogens with one attached hydrogen (secondary N) is 1. The lowest BCUT2D eigenvalue weighted by atomic mass is 10.2. The van der Waals surface area contributed by atoms with Crippen molar-refractivity contribution < 1.29 is 18.3 Å².